The second-order valence-electron chi connectivity index (χ2n) is 3.98. The molecule has 0 saturated carbocycles. The van der Waals surface area contributed by atoms with E-state index in [0.717, 1.165) is 0 Å². The lowest BCUT2D eigenvalue weighted by atomic mass is 10.2. The molecule has 3 N–H and O–H groups in total. The van der Waals surface area contributed by atoms with Crippen LogP contribution in [0.5, 0.6) is 0 Å². The Morgan fingerprint density at radius 3 is 2.57 bits per heavy atom. The highest BCUT2D eigenvalue weighted by molar-refractivity contribution is 7.89. The van der Waals surface area contributed by atoms with E-state index in [1.54, 1.807) is 19.1 Å². The van der Waals surface area contributed by atoms with Crippen LogP contribution >= 0.6 is 0 Å². The lowest BCUT2D eigenvalue weighted by molar-refractivity contribution is -0.142. The lowest BCUT2D eigenvalue weighted by Crippen LogP contribution is -2.26. The fraction of sp³-hybridized carbons (Fsp3) is 0.357. The molecule has 1 aromatic carbocycles. The van der Waals surface area contributed by atoms with Gasteiger partial charge in [0, 0.05) is 12.1 Å². The summed E-state index contributed by atoms with van der Waals surface area (Å²) in [6.07, 6.45) is -0.00682. The topological polar surface area (TPSA) is 98.5 Å². The van der Waals surface area contributed by atoms with Crippen LogP contribution in [0.3, 0.4) is 0 Å². The normalized spacial score (nSPS) is 10.6. The number of sulfonamides is 1. The van der Waals surface area contributed by atoms with Gasteiger partial charge in [-0.2, -0.15) is 0 Å². The van der Waals surface area contributed by atoms with Crippen molar-refractivity contribution < 1.29 is 17.9 Å². The first kappa shape index (κ1) is 17.2. The monoisotopic (exact) mass is 310 g/mol. The predicted molar refractivity (Wildman–Crippen MR) is 78.8 cm³/mol. The summed E-state index contributed by atoms with van der Waals surface area (Å²) in [5, 5.41) is 0. The zero-order valence-corrected chi connectivity index (χ0v) is 12.6. The number of esters is 1. The maximum absolute atomic E-state index is 12.0. The number of carbonyl (C=O) groups is 1. The number of hydrogen-bond acceptors (Lipinski definition) is 5. The van der Waals surface area contributed by atoms with Crippen molar-refractivity contribution in [1.29, 1.82) is 0 Å². The third kappa shape index (κ3) is 5.95. The fourth-order valence-electron chi connectivity index (χ4n) is 1.47. The third-order valence-electron chi connectivity index (χ3n) is 2.43. The Hall–Kier alpha value is -1.88. The number of benzene rings is 1. The fourth-order valence-corrected chi connectivity index (χ4v) is 2.51. The van der Waals surface area contributed by atoms with Crippen LogP contribution in [0.25, 0.3) is 0 Å². The van der Waals surface area contributed by atoms with E-state index in [1.165, 1.54) is 12.1 Å². The molecule has 21 heavy (non-hydrogen) atoms. The minimum Gasteiger partial charge on any atom is -0.466 e. The van der Waals surface area contributed by atoms with E-state index in [2.05, 4.69) is 16.6 Å². The van der Waals surface area contributed by atoms with Gasteiger partial charge in [0.25, 0.3) is 0 Å². The third-order valence-corrected chi connectivity index (χ3v) is 3.90. The molecule has 1 rings (SSSR count). The zero-order valence-electron chi connectivity index (χ0n) is 11.8. The summed E-state index contributed by atoms with van der Waals surface area (Å²) >= 11 is 0. The number of rotatable bonds is 6. The van der Waals surface area contributed by atoms with Crippen LogP contribution in [0.1, 0.15) is 18.9 Å². The van der Waals surface area contributed by atoms with E-state index >= 15 is 0 Å². The number of carbonyl (C=O) groups excluding carboxylic acids is 1. The molecule has 0 unspecified atom stereocenters. The highest BCUT2D eigenvalue weighted by Gasteiger charge is 2.14. The van der Waals surface area contributed by atoms with Gasteiger partial charge in [0.2, 0.25) is 10.0 Å². The Labute approximate surface area is 124 Å². The first-order valence-corrected chi connectivity index (χ1v) is 7.92. The van der Waals surface area contributed by atoms with Gasteiger partial charge >= 0.3 is 5.97 Å². The minimum atomic E-state index is -3.64. The quantitative estimate of drug-likeness (QED) is 0.579. The average Bonchev–Trinajstić information content (AvgIpc) is 2.45. The molecule has 0 fully saturated rings. The highest BCUT2D eigenvalue weighted by atomic mass is 32.2. The van der Waals surface area contributed by atoms with Crippen LogP contribution in [0, 0.1) is 11.8 Å². The van der Waals surface area contributed by atoms with E-state index in [1.807, 2.05) is 0 Å². The van der Waals surface area contributed by atoms with Crippen LogP contribution in [-0.4, -0.2) is 34.1 Å². The van der Waals surface area contributed by atoms with Crippen LogP contribution in [0.4, 0.5) is 0 Å². The van der Waals surface area contributed by atoms with E-state index < -0.39 is 16.0 Å². The van der Waals surface area contributed by atoms with Gasteiger partial charge in [0.15, 0.2) is 0 Å². The first-order valence-electron chi connectivity index (χ1n) is 6.44. The molecular formula is C14H18N2O4S. The summed E-state index contributed by atoms with van der Waals surface area (Å²) in [5.74, 6) is 5.05. The Morgan fingerprint density at radius 1 is 1.33 bits per heavy atom. The smallest absolute Gasteiger partial charge is 0.307 e. The number of hydrogen-bond donors (Lipinski definition) is 2. The van der Waals surface area contributed by atoms with Crippen LogP contribution in [0.2, 0.25) is 0 Å². The highest BCUT2D eigenvalue weighted by Crippen LogP contribution is 2.09. The van der Waals surface area contributed by atoms with E-state index in [4.69, 9.17) is 10.5 Å². The molecule has 1 aromatic rings. The average molecular weight is 310 g/mol. The van der Waals surface area contributed by atoms with Gasteiger partial charge in [-0.3, -0.25) is 4.79 Å². The predicted octanol–water partition coefficient (Wildman–Crippen LogP) is 0.228. The van der Waals surface area contributed by atoms with Crippen molar-refractivity contribution in [2.24, 2.45) is 5.73 Å². The summed E-state index contributed by atoms with van der Waals surface area (Å²) in [4.78, 5) is 11.2. The van der Waals surface area contributed by atoms with Gasteiger partial charge in [0.05, 0.1) is 24.5 Å². The van der Waals surface area contributed by atoms with Crippen LogP contribution < -0.4 is 10.5 Å². The molecule has 0 bridgehead atoms. The van der Waals surface area contributed by atoms with Gasteiger partial charge in [0.1, 0.15) is 0 Å². The van der Waals surface area contributed by atoms with Crippen molar-refractivity contribution in [2.45, 2.75) is 18.2 Å². The van der Waals surface area contributed by atoms with Gasteiger partial charge in [-0.1, -0.05) is 11.8 Å². The molecule has 0 heterocycles. The Kier molecular flexibility index (Phi) is 6.88. The Bertz CT molecular complexity index is 627. The van der Waals surface area contributed by atoms with Crippen molar-refractivity contribution in [3.8, 4) is 11.8 Å². The molecule has 0 atom stereocenters. The van der Waals surface area contributed by atoms with Gasteiger partial charge in [-0.25, -0.2) is 13.1 Å². The molecule has 7 heteroatoms. The second-order valence-corrected chi connectivity index (χ2v) is 5.75. The summed E-state index contributed by atoms with van der Waals surface area (Å²) in [5.41, 5.74) is 5.95. The summed E-state index contributed by atoms with van der Waals surface area (Å²) < 4.78 is 31.0. The first-order chi connectivity index (χ1) is 9.99. The van der Waals surface area contributed by atoms with E-state index in [0.29, 0.717) is 5.56 Å². The van der Waals surface area contributed by atoms with Gasteiger partial charge in [-0.15, -0.1) is 0 Å². The van der Waals surface area contributed by atoms with Crippen molar-refractivity contribution in [1.82, 2.24) is 4.72 Å². The number of ether oxygens (including phenoxy) is 1. The lowest BCUT2D eigenvalue weighted by Gasteiger charge is -2.06. The molecule has 0 aliphatic rings. The maximum Gasteiger partial charge on any atom is 0.307 e. The van der Waals surface area contributed by atoms with Gasteiger partial charge < -0.3 is 10.5 Å². The van der Waals surface area contributed by atoms with Gasteiger partial charge in [-0.05, 0) is 31.2 Å². The molecule has 0 radical (unpaired) electrons. The minimum absolute atomic E-state index is 0.00407. The maximum atomic E-state index is 12.0. The van der Waals surface area contributed by atoms with Crippen LogP contribution in [0.15, 0.2) is 29.2 Å². The molecule has 0 spiro atoms. The molecular weight excluding hydrogens is 292 g/mol. The Morgan fingerprint density at radius 2 is 2.00 bits per heavy atom. The molecule has 114 valence electrons. The van der Waals surface area contributed by atoms with Crippen molar-refractivity contribution >= 4 is 16.0 Å². The summed E-state index contributed by atoms with van der Waals surface area (Å²) in [6.45, 7) is 2.21. The van der Waals surface area contributed by atoms with E-state index in [-0.39, 0.29) is 31.0 Å². The van der Waals surface area contributed by atoms with Crippen molar-refractivity contribution in [3.63, 3.8) is 0 Å². The Balaban J connectivity index is 2.64. The molecule has 0 aliphatic carbocycles. The van der Waals surface area contributed by atoms with Crippen molar-refractivity contribution in [3.05, 3.63) is 29.8 Å². The zero-order chi connectivity index (χ0) is 15.7. The number of nitrogens with two attached hydrogens (primary N) is 1. The molecule has 0 aliphatic heterocycles. The van der Waals surface area contributed by atoms with Crippen LogP contribution in [-0.2, 0) is 19.6 Å². The summed E-state index contributed by atoms with van der Waals surface area (Å²) in [7, 11) is -3.64. The van der Waals surface area contributed by atoms with E-state index in [9.17, 15) is 13.2 Å². The standard InChI is InChI=1S/C14H18N2O4S/c1-2-20-14(17)9-11-16-21(18,19)13-7-5-12(6-8-13)4-3-10-15/h5-8,16H,2,9-11,15H2,1H3. The SMILES string of the molecule is CCOC(=O)CCNS(=O)(=O)c1ccc(C#CCN)cc1. The molecule has 0 saturated heterocycles. The second kappa shape index (κ2) is 8.42. The molecule has 0 aromatic heterocycles. The summed E-state index contributed by atoms with van der Waals surface area (Å²) in [6, 6.07) is 6.10. The molecule has 0 amide bonds. The number of nitrogens with one attached hydrogen (secondary N) is 1. The molecule has 6 nitrogen and oxygen atoms in total. The largest absolute Gasteiger partial charge is 0.466 e. The van der Waals surface area contributed by atoms with Crippen molar-refractivity contribution in [2.75, 3.05) is 19.7 Å².